The van der Waals surface area contributed by atoms with Crippen LogP contribution in [0.15, 0.2) is 48.8 Å². The van der Waals surface area contributed by atoms with Crippen molar-refractivity contribution < 1.29 is 13.9 Å². The number of rotatable bonds is 3. The van der Waals surface area contributed by atoms with E-state index < -0.39 is 0 Å². The first-order chi connectivity index (χ1) is 14.1. The zero-order valence-corrected chi connectivity index (χ0v) is 16.5. The number of carbonyl (C=O) groups is 1. The number of ether oxygens (including phenoxy) is 1. The Kier molecular flexibility index (Phi) is 6.06. The van der Waals surface area contributed by atoms with E-state index in [0.717, 1.165) is 45.7 Å². The highest BCUT2D eigenvalue weighted by Gasteiger charge is 2.39. The third kappa shape index (κ3) is 5.10. The maximum atomic E-state index is 13.3. The number of pyridine rings is 1. The van der Waals surface area contributed by atoms with Crippen LogP contribution in [-0.4, -0.2) is 60.2 Å². The predicted octanol–water partition coefficient (Wildman–Crippen LogP) is 3.37. The van der Waals surface area contributed by atoms with Gasteiger partial charge < -0.3 is 15.0 Å². The largest absolute Gasteiger partial charge is 0.379 e. The smallest absolute Gasteiger partial charge is 0.321 e. The second-order valence-electron chi connectivity index (χ2n) is 8.05. The molecule has 0 saturated carbocycles. The zero-order chi connectivity index (χ0) is 20.1. The molecule has 29 heavy (non-hydrogen) atoms. The van der Waals surface area contributed by atoms with Crippen LogP contribution in [-0.2, 0) is 11.3 Å². The summed E-state index contributed by atoms with van der Waals surface area (Å²) in [4.78, 5) is 20.9. The van der Waals surface area contributed by atoms with Crippen LogP contribution in [0.4, 0.5) is 14.9 Å². The number of hydrogen-bond donors (Lipinski definition) is 1. The average molecular weight is 398 g/mol. The van der Waals surface area contributed by atoms with E-state index in [0.29, 0.717) is 18.8 Å². The fourth-order valence-corrected chi connectivity index (χ4v) is 4.22. The van der Waals surface area contributed by atoms with Crippen molar-refractivity contribution in [2.75, 3.05) is 44.7 Å². The van der Waals surface area contributed by atoms with Crippen molar-refractivity contribution in [2.24, 2.45) is 5.41 Å². The van der Waals surface area contributed by atoms with E-state index in [-0.39, 0.29) is 17.3 Å². The van der Waals surface area contributed by atoms with Crippen LogP contribution in [0.3, 0.4) is 0 Å². The summed E-state index contributed by atoms with van der Waals surface area (Å²) in [6.07, 6.45) is 5.46. The number of piperidine rings is 1. The van der Waals surface area contributed by atoms with E-state index in [1.165, 1.54) is 17.7 Å². The zero-order valence-electron chi connectivity index (χ0n) is 16.5. The third-order valence-electron chi connectivity index (χ3n) is 5.86. The minimum Gasteiger partial charge on any atom is -0.379 e. The van der Waals surface area contributed by atoms with Crippen molar-refractivity contribution in [2.45, 2.75) is 19.4 Å². The summed E-state index contributed by atoms with van der Waals surface area (Å²) >= 11 is 0. The molecule has 0 bridgehead atoms. The second-order valence-corrected chi connectivity index (χ2v) is 8.05. The number of urea groups is 1. The van der Waals surface area contributed by atoms with Gasteiger partial charge in [0.25, 0.3) is 0 Å². The molecule has 1 aromatic heterocycles. The SMILES string of the molecule is O=C(Nc1cccc(F)c1)N1CCC2(CC1)COCCN(Cc1ccncc1)C2. The Morgan fingerprint density at radius 3 is 2.72 bits per heavy atom. The quantitative estimate of drug-likeness (QED) is 0.861. The van der Waals surface area contributed by atoms with Crippen molar-refractivity contribution in [1.82, 2.24) is 14.8 Å². The maximum Gasteiger partial charge on any atom is 0.321 e. The Morgan fingerprint density at radius 1 is 1.17 bits per heavy atom. The van der Waals surface area contributed by atoms with Gasteiger partial charge in [-0.15, -0.1) is 0 Å². The molecule has 3 heterocycles. The second kappa shape index (κ2) is 8.88. The standard InChI is InChI=1S/C22H27FN4O2/c23-19-2-1-3-20(14-19)25-21(28)27-10-6-22(7-11-27)16-26(12-13-29-17-22)15-18-4-8-24-9-5-18/h1-5,8-9,14H,6-7,10-13,15-17H2,(H,25,28). The van der Waals surface area contributed by atoms with Gasteiger partial charge in [-0.1, -0.05) is 6.07 Å². The van der Waals surface area contributed by atoms with Gasteiger partial charge in [-0.25, -0.2) is 9.18 Å². The summed E-state index contributed by atoms with van der Waals surface area (Å²) in [6.45, 7) is 5.58. The summed E-state index contributed by atoms with van der Waals surface area (Å²) in [5.74, 6) is -0.356. The molecular formula is C22H27FN4O2. The molecule has 2 fully saturated rings. The summed E-state index contributed by atoms with van der Waals surface area (Å²) in [5, 5.41) is 2.80. The first kappa shape index (κ1) is 19.8. The Labute approximate surface area is 170 Å². The van der Waals surface area contributed by atoms with E-state index in [4.69, 9.17) is 4.74 Å². The lowest BCUT2D eigenvalue weighted by atomic mass is 9.78. The lowest BCUT2D eigenvalue weighted by molar-refractivity contribution is 0.0242. The number of likely N-dealkylation sites (tertiary alicyclic amines) is 1. The maximum absolute atomic E-state index is 13.3. The number of carbonyl (C=O) groups excluding carboxylic acids is 1. The summed E-state index contributed by atoms with van der Waals surface area (Å²) in [6, 6.07) is 9.92. The van der Waals surface area contributed by atoms with E-state index in [1.807, 2.05) is 17.3 Å². The molecule has 7 heteroatoms. The van der Waals surface area contributed by atoms with Crippen LogP contribution < -0.4 is 5.32 Å². The molecule has 2 aromatic rings. The molecule has 0 aliphatic carbocycles. The van der Waals surface area contributed by atoms with Crippen molar-refractivity contribution in [1.29, 1.82) is 0 Å². The first-order valence-corrected chi connectivity index (χ1v) is 10.1. The first-order valence-electron chi connectivity index (χ1n) is 10.1. The van der Waals surface area contributed by atoms with Gasteiger partial charge in [-0.2, -0.15) is 0 Å². The molecule has 0 unspecified atom stereocenters. The lowest BCUT2D eigenvalue weighted by Crippen LogP contribution is -2.49. The number of halogens is 1. The third-order valence-corrected chi connectivity index (χ3v) is 5.86. The van der Waals surface area contributed by atoms with Gasteiger partial charge in [0.15, 0.2) is 0 Å². The van der Waals surface area contributed by atoms with Crippen LogP contribution in [0.5, 0.6) is 0 Å². The highest BCUT2D eigenvalue weighted by atomic mass is 19.1. The Morgan fingerprint density at radius 2 is 1.97 bits per heavy atom. The summed E-state index contributed by atoms with van der Waals surface area (Å²) < 4.78 is 19.3. The summed E-state index contributed by atoms with van der Waals surface area (Å²) in [5.41, 5.74) is 1.81. The molecule has 4 rings (SSSR count). The van der Waals surface area contributed by atoms with Crippen molar-refractivity contribution in [3.05, 3.63) is 60.2 Å². The monoisotopic (exact) mass is 398 g/mol. The molecule has 6 nitrogen and oxygen atoms in total. The van der Waals surface area contributed by atoms with Crippen LogP contribution >= 0.6 is 0 Å². The summed E-state index contributed by atoms with van der Waals surface area (Å²) in [7, 11) is 0. The van der Waals surface area contributed by atoms with Crippen LogP contribution in [0.2, 0.25) is 0 Å². The van der Waals surface area contributed by atoms with Gasteiger partial charge in [-0.3, -0.25) is 9.88 Å². The lowest BCUT2D eigenvalue weighted by Gasteiger charge is -2.42. The van der Waals surface area contributed by atoms with Crippen molar-refractivity contribution in [3.8, 4) is 0 Å². The van der Waals surface area contributed by atoms with Crippen LogP contribution in [0.25, 0.3) is 0 Å². The highest BCUT2D eigenvalue weighted by molar-refractivity contribution is 5.89. The van der Waals surface area contributed by atoms with Gasteiger partial charge in [0, 0.05) is 56.2 Å². The minimum absolute atomic E-state index is 0.0686. The molecular weight excluding hydrogens is 371 g/mol. The fourth-order valence-electron chi connectivity index (χ4n) is 4.22. The fraction of sp³-hybridized carbons (Fsp3) is 0.455. The van der Waals surface area contributed by atoms with Crippen LogP contribution in [0.1, 0.15) is 18.4 Å². The number of nitrogens with zero attached hydrogens (tertiary/aromatic N) is 3. The Bertz CT molecular complexity index is 825. The topological polar surface area (TPSA) is 57.7 Å². The molecule has 2 aliphatic rings. The molecule has 2 aliphatic heterocycles. The Balaban J connectivity index is 1.34. The molecule has 2 saturated heterocycles. The predicted molar refractivity (Wildman–Crippen MR) is 109 cm³/mol. The number of aromatic nitrogens is 1. The van der Waals surface area contributed by atoms with E-state index in [2.05, 4.69) is 27.3 Å². The highest BCUT2D eigenvalue weighted by Crippen LogP contribution is 2.35. The Hall–Kier alpha value is -2.51. The van der Waals surface area contributed by atoms with Gasteiger partial charge in [0.2, 0.25) is 0 Å². The van der Waals surface area contributed by atoms with E-state index in [1.54, 1.807) is 12.1 Å². The molecule has 0 radical (unpaired) electrons. The molecule has 0 atom stereocenters. The van der Waals surface area contributed by atoms with Crippen molar-refractivity contribution in [3.63, 3.8) is 0 Å². The van der Waals surface area contributed by atoms with Gasteiger partial charge in [-0.05, 0) is 48.7 Å². The number of amides is 2. The number of benzene rings is 1. The van der Waals surface area contributed by atoms with Crippen LogP contribution in [0, 0.1) is 11.2 Å². The van der Waals surface area contributed by atoms with E-state index >= 15 is 0 Å². The molecule has 1 aromatic carbocycles. The van der Waals surface area contributed by atoms with Gasteiger partial charge in [0.05, 0.1) is 13.2 Å². The van der Waals surface area contributed by atoms with Crippen molar-refractivity contribution >= 4 is 11.7 Å². The van der Waals surface area contributed by atoms with E-state index in [9.17, 15) is 9.18 Å². The number of hydrogen-bond acceptors (Lipinski definition) is 4. The normalized spacial score (nSPS) is 19.7. The molecule has 1 N–H and O–H groups in total. The van der Waals surface area contributed by atoms with Gasteiger partial charge >= 0.3 is 6.03 Å². The number of anilines is 1. The number of nitrogens with one attached hydrogen (secondary N) is 1. The van der Waals surface area contributed by atoms with Gasteiger partial charge in [0.1, 0.15) is 5.82 Å². The average Bonchev–Trinajstić information content (AvgIpc) is 2.91. The molecule has 154 valence electrons. The molecule has 2 amide bonds. The minimum atomic E-state index is -0.356. The molecule has 1 spiro atoms.